The number of nitrogens with one attached hydrogen (secondary N) is 1. The molecule has 20 heavy (non-hydrogen) atoms. The molecule has 1 heterocycles. The van der Waals surface area contributed by atoms with Gasteiger partial charge in [-0.25, -0.2) is 8.78 Å². The van der Waals surface area contributed by atoms with E-state index in [0.29, 0.717) is 10.9 Å². The summed E-state index contributed by atoms with van der Waals surface area (Å²) in [6, 6.07) is 3.63. The average Bonchev–Trinajstić information content (AvgIpc) is 2.90. The van der Waals surface area contributed by atoms with Crippen molar-refractivity contribution in [1.29, 1.82) is 0 Å². The van der Waals surface area contributed by atoms with Gasteiger partial charge in [0.15, 0.2) is 5.82 Å². The maximum Gasteiger partial charge on any atom is 0.253 e. The normalized spacial score (nSPS) is 15.7. The lowest BCUT2D eigenvalue weighted by atomic mass is 10.1. The monoisotopic (exact) mass is 276 g/mol. The summed E-state index contributed by atoms with van der Waals surface area (Å²) in [6.07, 6.45) is 5.54. The van der Waals surface area contributed by atoms with Crippen LogP contribution >= 0.6 is 0 Å². The topological polar surface area (TPSA) is 42.0 Å². The predicted molar refractivity (Wildman–Crippen MR) is 71.4 cm³/mol. The zero-order chi connectivity index (χ0) is 14.1. The van der Waals surface area contributed by atoms with Crippen LogP contribution in [0, 0.1) is 11.6 Å². The number of aromatic nitrogens is 1. The third-order valence-corrected chi connectivity index (χ3v) is 3.65. The van der Waals surface area contributed by atoms with Crippen molar-refractivity contribution in [1.82, 2.24) is 10.3 Å². The molecule has 0 radical (unpaired) electrons. The zero-order valence-electron chi connectivity index (χ0n) is 10.8. The first-order valence-corrected chi connectivity index (χ1v) is 6.69. The number of fused-ring (bicyclic) bond motifs is 1. The third-order valence-electron chi connectivity index (χ3n) is 3.65. The van der Waals surface area contributed by atoms with Crippen molar-refractivity contribution in [3.8, 4) is 0 Å². The van der Waals surface area contributed by atoms with Gasteiger partial charge in [-0.2, -0.15) is 0 Å². The van der Waals surface area contributed by atoms with Crippen LogP contribution in [0.15, 0.2) is 24.4 Å². The fourth-order valence-corrected chi connectivity index (χ4v) is 2.63. The summed E-state index contributed by atoms with van der Waals surface area (Å²) in [5, 5.41) is 3.22. The van der Waals surface area contributed by atoms with Gasteiger partial charge in [-0.1, -0.05) is 12.8 Å². The second-order valence-electron chi connectivity index (χ2n) is 5.14. The fraction of sp³-hybridized carbons (Fsp3) is 0.333. The van der Waals surface area contributed by atoms with Crippen molar-refractivity contribution in [3.63, 3.8) is 0 Å². The van der Waals surface area contributed by atoms with Crippen molar-refractivity contribution in [2.24, 2.45) is 0 Å². The number of rotatable bonds is 2. The molecule has 0 unspecified atom stereocenters. The first-order valence-electron chi connectivity index (χ1n) is 6.69. The highest BCUT2D eigenvalue weighted by Gasteiger charge is 2.18. The Labute approximate surface area is 115 Å². The SMILES string of the molecule is O=C(NC1CCCC1)c1cnc2c(F)cc(F)cc2c1. The zero-order valence-corrected chi connectivity index (χ0v) is 10.8. The molecular weight excluding hydrogens is 262 g/mol. The quantitative estimate of drug-likeness (QED) is 0.915. The largest absolute Gasteiger partial charge is 0.349 e. The molecule has 104 valence electrons. The van der Waals surface area contributed by atoms with Gasteiger partial charge in [-0.3, -0.25) is 9.78 Å². The molecule has 0 spiro atoms. The minimum absolute atomic E-state index is 0.0730. The van der Waals surface area contributed by atoms with E-state index in [0.717, 1.165) is 31.7 Å². The number of hydrogen-bond acceptors (Lipinski definition) is 2. The lowest BCUT2D eigenvalue weighted by Gasteiger charge is -2.12. The Balaban J connectivity index is 1.89. The molecular formula is C15H14F2N2O. The van der Waals surface area contributed by atoms with Crippen molar-refractivity contribution < 1.29 is 13.6 Å². The summed E-state index contributed by atoms with van der Waals surface area (Å²) in [7, 11) is 0. The van der Waals surface area contributed by atoms with E-state index >= 15 is 0 Å². The van der Waals surface area contributed by atoms with E-state index in [2.05, 4.69) is 10.3 Å². The van der Waals surface area contributed by atoms with E-state index in [9.17, 15) is 13.6 Å². The number of pyridine rings is 1. The van der Waals surface area contributed by atoms with Gasteiger partial charge in [0.05, 0.1) is 5.56 Å². The van der Waals surface area contributed by atoms with Crippen LogP contribution in [0.25, 0.3) is 10.9 Å². The Kier molecular flexibility index (Phi) is 3.34. The van der Waals surface area contributed by atoms with Gasteiger partial charge in [0.1, 0.15) is 11.3 Å². The number of nitrogens with zero attached hydrogens (tertiary/aromatic N) is 1. The molecule has 1 N–H and O–H groups in total. The molecule has 3 rings (SSSR count). The second-order valence-corrected chi connectivity index (χ2v) is 5.14. The lowest BCUT2D eigenvalue weighted by Crippen LogP contribution is -2.32. The third kappa shape index (κ3) is 2.48. The summed E-state index contributed by atoms with van der Waals surface area (Å²) in [6.45, 7) is 0. The van der Waals surface area contributed by atoms with E-state index in [4.69, 9.17) is 0 Å². The number of amides is 1. The molecule has 2 aromatic rings. The van der Waals surface area contributed by atoms with Gasteiger partial charge in [0.2, 0.25) is 0 Å². The first kappa shape index (κ1) is 13.0. The van der Waals surface area contributed by atoms with E-state index in [1.54, 1.807) is 0 Å². The minimum atomic E-state index is -0.720. The van der Waals surface area contributed by atoms with E-state index in [1.807, 2.05) is 0 Å². The number of carbonyl (C=O) groups is 1. The highest BCUT2D eigenvalue weighted by atomic mass is 19.1. The fourth-order valence-electron chi connectivity index (χ4n) is 2.63. The highest BCUT2D eigenvalue weighted by molar-refractivity contribution is 5.97. The van der Waals surface area contributed by atoms with Crippen LogP contribution in [-0.4, -0.2) is 16.9 Å². The Morgan fingerprint density at radius 3 is 2.70 bits per heavy atom. The molecule has 3 nitrogen and oxygen atoms in total. The Hall–Kier alpha value is -2.04. The maximum absolute atomic E-state index is 13.5. The molecule has 1 aromatic heterocycles. The van der Waals surface area contributed by atoms with Crippen LogP contribution in [0.4, 0.5) is 8.78 Å². The van der Waals surface area contributed by atoms with Gasteiger partial charge in [-0.05, 0) is 25.0 Å². The predicted octanol–water partition coefficient (Wildman–Crippen LogP) is 3.19. The summed E-state index contributed by atoms with van der Waals surface area (Å²) in [4.78, 5) is 16.0. The summed E-state index contributed by atoms with van der Waals surface area (Å²) < 4.78 is 26.7. The van der Waals surface area contributed by atoms with Crippen molar-refractivity contribution in [3.05, 3.63) is 41.6 Å². The van der Waals surface area contributed by atoms with Crippen molar-refractivity contribution in [2.45, 2.75) is 31.7 Å². The van der Waals surface area contributed by atoms with Crippen LogP contribution in [0.2, 0.25) is 0 Å². The highest BCUT2D eigenvalue weighted by Crippen LogP contribution is 2.20. The van der Waals surface area contributed by atoms with Gasteiger partial charge >= 0.3 is 0 Å². The van der Waals surface area contributed by atoms with Crippen LogP contribution in [-0.2, 0) is 0 Å². The lowest BCUT2D eigenvalue weighted by molar-refractivity contribution is 0.0937. The van der Waals surface area contributed by atoms with E-state index < -0.39 is 11.6 Å². The van der Waals surface area contributed by atoms with Crippen LogP contribution < -0.4 is 5.32 Å². The van der Waals surface area contributed by atoms with Crippen LogP contribution in [0.5, 0.6) is 0 Å². The number of benzene rings is 1. The molecule has 1 saturated carbocycles. The molecule has 0 atom stereocenters. The van der Waals surface area contributed by atoms with E-state index in [-0.39, 0.29) is 17.5 Å². The Bertz CT molecular complexity index is 666. The van der Waals surface area contributed by atoms with Crippen molar-refractivity contribution >= 4 is 16.8 Å². The Morgan fingerprint density at radius 2 is 1.95 bits per heavy atom. The first-order chi connectivity index (χ1) is 9.63. The van der Waals surface area contributed by atoms with Crippen LogP contribution in [0.3, 0.4) is 0 Å². The van der Waals surface area contributed by atoms with Gasteiger partial charge in [0.25, 0.3) is 5.91 Å². The van der Waals surface area contributed by atoms with Gasteiger partial charge in [-0.15, -0.1) is 0 Å². The smallest absolute Gasteiger partial charge is 0.253 e. The van der Waals surface area contributed by atoms with Gasteiger partial charge in [0, 0.05) is 23.7 Å². The van der Waals surface area contributed by atoms with Gasteiger partial charge < -0.3 is 5.32 Å². The number of halogens is 2. The molecule has 1 aliphatic rings. The Morgan fingerprint density at radius 1 is 1.20 bits per heavy atom. The summed E-state index contributed by atoms with van der Waals surface area (Å²) in [5.41, 5.74) is 0.401. The molecule has 0 bridgehead atoms. The summed E-state index contributed by atoms with van der Waals surface area (Å²) >= 11 is 0. The molecule has 1 amide bonds. The minimum Gasteiger partial charge on any atom is -0.349 e. The average molecular weight is 276 g/mol. The molecule has 0 saturated heterocycles. The number of hydrogen-bond donors (Lipinski definition) is 1. The molecule has 0 aliphatic heterocycles. The second kappa shape index (κ2) is 5.15. The molecule has 5 heteroatoms. The van der Waals surface area contributed by atoms with Crippen molar-refractivity contribution in [2.75, 3.05) is 0 Å². The maximum atomic E-state index is 13.5. The van der Waals surface area contributed by atoms with E-state index in [1.165, 1.54) is 18.3 Å². The summed E-state index contributed by atoms with van der Waals surface area (Å²) in [5.74, 6) is -1.64. The molecule has 1 fully saturated rings. The standard InChI is InChI=1S/C15H14F2N2O/c16-11-6-9-5-10(8-18-14(9)13(17)7-11)15(20)19-12-3-1-2-4-12/h5-8,12H,1-4H2,(H,19,20). The molecule has 1 aliphatic carbocycles. The van der Waals surface area contributed by atoms with Crippen LogP contribution in [0.1, 0.15) is 36.0 Å². The number of carbonyl (C=O) groups excluding carboxylic acids is 1. The molecule has 1 aromatic carbocycles.